The lowest BCUT2D eigenvalue weighted by Gasteiger charge is -2.56. The van der Waals surface area contributed by atoms with E-state index in [1.165, 1.54) is 25.3 Å². The predicted octanol–water partition coefficient (Wildman–Crippen LogP) is 6.14. The number of anilines is 1. The van der Waals surface area contributed by atoms with Gasteiger partial charge in [-0.1, -0.05) is 23.7 Å². The van der Waals surface area contributed by atoms with E-state index in [4.69, 9.17) is 11.6 Å². The van der Waals surface area contributed by atoms with Gasteiger partial charge in [0.1, 0.15) is 5.82 Å². The Morgan fingerprint density at radius 2 is 1.71 bits per heavy atom. The number of aromatic nitrogens is 2. The molecule has 2 atom stereocenters. The highest BCUT2D eigenvalue weighted by molar-refractivity contribution is 6.30. The molecule has 0 saturated heterocycles. The molecule has 182 valence electrons. The van der Waals surface area contributed by atoms with E-state index in [2.05, 4.69) is 15.7 Å². The number of halogens is 4. The average Bonchev–Trinajstić information content (AvgIpc) is 3.20. The molecular weight excluding hydrogens is 465 g/mol. The summed E-state index contributed by atoms with van der Waals surface area (Å²) in [5, 5.41) is 10.8. The summed E-state index contributed by atoms with van der Waals surface area (Å²) in [6.45, 7) is 0.584. The zero-order chi connectivity index (χ0) is 23.7. The van der Waals surface area contributed by atoms with E-state index in [1.807, 2.05) is 0 Å². The number of hydrogen-bond donors (Lipinski definition) is 2. The molecule has 5 aliphatic rings. The Morgan fingerprint density at radius 3 is 2.29 bits per heavy atom. The Bertz CT molecular complexity index is 1060. The molecule has 1 aliphatic heterocycles. The van der Waals surface area contributed by atoms with E-state index in [0.717, 1.165) is 41.7 Å². The molecule has 5 nitrogen and oxygen atoms in total. The highest BCUT2D eigenvalue weighted by Crippen LogP contribution is 2.59. The normalized spacial score (nSPS) is 33.9. The molecule has 4 fully saturated rings. The van der Waals surface area contributed by atoms with E-state index in [1.54, 1.807) is 24.3 Å². The van der Waals surface area contributed by atoms with Gasteiger partial charge in [0.05, 0.1) is 6.04 Å². The standard InChI is InChI=1S/C25H28ClF3N4O/c26-18-3-1-17(2-4-18)19-8-21(25(27,28)29)33-22(31-19)9-20(32-33)23(34)30-13-24-10-14-5-15(11-24)7-16(6-14)12-24/h1-4,9,14-16,19,21,31H,5-8,10-13H2,(H,30,34)/t14?,15?,16?,19-,21+,24?/m1/s1. The SMILES string of the molecule is O=C(NCC12CC3CC(CC(C3)C1)C2)c1cc2n(n1)[C@H](C(F)(F)F)C[C@H](c1ccc(Cl)cc1)N2. The summed E-state index contributed by atoms with van der Waals surface area (Å²) in [4.78, 5) is 13.0. The van der Waals surface area contributed by atoms with Crippen molar-refractivity contribution in [3.05, 3.63) is 46.6 Å². The molecule has 34 heavy (non-hydrogen) atoms. The van der Waals surface area contributed by atoms with Crippen LogP contribution in [0.2, 0.25) is 5.02 Å². The lowest BCUT2D eigenvalue weighted by Crippen LogP contribution is -2.51. The zero-order valence-corrected chi connectivity index (χ0v) is 19.5. The molecule has 4 saturated carbocycles. The van der Waals surface area contributed by atoms with Crippen molar-refractivity contribution in [3.63, 3.8) is 0 Å². The third-order valence-electron chi connectivity index (χ3n) is 8.48. The number of fused-ring (bicyclic) bond motifs is 1. The van der Waals surface area contributed by atoms with Gasteiger partial charge in [-0.15, -0.1) is 0 Å². The minimum absolute atomic E-state index is 0.0261. The first-order chi connectivity index (χ1) is 16.2. The van der Waals surface area contributed by atoms with Crippen molar-refractivity contribution in [3.8, 4) is 0 Å². The van der Waals surface area contributed by atoms with Gasteiger partial charge in [0.25, 0.3) is 5.91 Å². The van der Waals surface area contributed by atoms with E-state index < -0.39 is 24.2 Å². The number of rotatable bonds is 4. The molecule has 1 aromatic carbocycles. The van der Waals surface area contributed by atoms with Gasteiger partial charge in [-0.25, -0.2) is 4.68 Å². The van der Waals surface area contributed by atoms with Crippen LogP contribution >= 0.6 is 11.6 Å². The fourth-order valence-corrected chi connectivity index (χ4v) is 7.59. The maximum atomic E-state index is 13.9. The summed E-state index contributed by atoms with van der Waals surface area (Å²) in [7, 11) is 0. The number of benzene rings is 1. The number of nitrogens with zero attached hydrogens (tertiary/aromatic N) is 2. The van der Waals surface area contributed by atoms with E-state index in [-0.39, 0.29) is 23.3 Å². The van der Waals surface area contributed by atoms with Crippen LogP contribution in [0, 0.1) is 23.2 Å². The molecule has 9 heteroatoms. The van der Waals surface area contributed by atoms with Gasteiger partial charge in [0.15, 0.2) is 11.7 Å². The van der Waals surface area contributed by atoms with Crippen LogP contribution in [0.15, 0.2) is 30.3 Å². The summed E-state index contributed by atoms with van der Waals surface area (Å²) in [5.41, 5.74) is 0.882. The van der Waals surface area contributed by atoms with Crippen LogP contribution in [0.3, 0.4) is 0 Å². The minimum Gasteiger partial charge on any atom is -0.363 e. The summed E-state index contributed by atoms with van der Waals surface area (Å²) >= 11 is 5.94. The van der Waals surface area contributed by atoms with Crippen molar-refractivity contribution in [2.75, 3.05) is 11.9 Å². The average molecular weight is 493 g/mol. The molecule has 1 aromatic heterocycles. The molecule has 0 radical (unpaired) electrons. The molecule has 2 N–H and O–H groups in total. The molecule has 2 aromatic rings. The fourth-order valence-electron chi connectivity index (χ4n) is 7.46. The van der Waals surface area contributed by atoms with E-state index in [0.29, 0.717) is 17.1 Å². The molecule has 4 aliphatic carbocycles. The van der Waals surface area contributed by atoms with Crippen molar-refractivity contribution >= 4 is 23.3 Å². The Labute approximate surface area is 201 Å². The van der Waals surface area contributed by atoms with Gasteiger partial charge >= 0.3 is 6.18 Å². The number of nitrogens with one attached hydrogen (secondary N) is 2. The first-order valence-corrected chi connectivity index (χ1v) is 12.5. The summed E-state index contributed by atoms with van der Waals surface area (Å²) in [6, 6.07) is 5.84. The number of carbonyl (C=O) groups excluding carboxylic acids is 1. The minimum atomic E-state index is -4.49. The molecular formula is C25H28ClF3N4O. The fraction of sp³-hybridized carbons (Fsp3) is 0.600. The highest BCUT2D eigenvalue weighted by atomic mass is 35.5. The van der Waals surface area contributed by atoms with E-state index in [9.17, 15) is 18.0 Å². The van der Waals surface area contributed by atoms with Gasteiger partial charge in [-0.2, -0.15) is 18.3 Å². The predicted molar refractivity (Wildman–Crippen MR) is 123 cm³/mol. The van der Waals surface area contributed by atoms with Crippen molar-refractivity contribution in [1.82, 2.24) is 15.1 Å². The van der Waals surface area contributed by atoms with Crippen LogP contribution in [-0.2, 0) is 0 Å². The Kier molecular flexibility index (Phi) is 5.17. The lowest BCUT2D eigenvalue weighted by molar-refractivity contribution is -0.173. The quantitative estimate of drug-likeness (QED) is 0.538. The number of alkyl halides is 3. The van der Waals surface area contributed by atoms with Crippen molar-refractivity contribution in [2.45, 2.75) is 63.2 Å². The number of hydrogen-bond acceptors (Lipinski definition) is 3. The third-order valence-corrected chi connectivity index (χ3v) is 8.74. The summed E-state index contributed by atoms with van der Waals surface area (Å²) < 4.78 is 42.8. The van der Waals surface area contributed by atoms with Crippen LogP contribution in [0.5, 0.6) is 0 Å². The third kappa shape index (κ3) is 3.97. The van der Waals surface area contributed by atoms with Gasteiger partial charge in [-0.05, 0) is 79.4 Å². The molecule has 7 rings (SSSR count). The topological polar surface area (TPSA) is 59.0 Å². The Balaban J connectivity index is 1.21. The van der Waals surface area contributed by atoms with Gasteiger partial charge in [-0.3, -0.25) is 4.79 Å². The second-order valence-electron chi connectivity index (χ2n) is 11.0. The van der Waals surface area contributed by atoms with Gasteiger partial charge in [0, 0.05) is 24.1 Å². The van der Waals surface area contributed by atoms with Crippen molar-refractivity contribution in [1.29, 1.82) is 0 Å². The monoisotopic (exact) mass is 492 g/mol. The number of carbonyl (C=O) groups is 1. The molecule has 2 heterocycles. The molecule has 0 unspecified atom stereocenters. The van der Waals surface area contributed by atoms with Crippen LogP contribution < -0.4 is 10.6 Å². The Morgan fingerprint density at radius 1 is 1.09 bits per heavy atom. The molecule has 4 bridgehead atoms. The first kappa shape index (κ1) is 22.3. The lowest BCUT2D eigenvalue weighted by atomic mass is 9.49. The van der Waals surface area contributed by atoms with E-state index >= 15 is 0 Å². The smallest absolute Gasteiger partial charge is 0.363 e. The summed E-state index contributed by atoms with van der Waals surface area (Å²) in [6.07, 6.45) is 2.72. The second-order valence-corrected chi connectivity index (χ2v) is 11.4. The first-order valence-electron chi connectivity index (χ1n) is 12.1. The number of amides is 1. The van der Waals surface area contributed by atoms with Crippen molar-refractivity contribution < 1.29 is 18.0 Å². The Hall–Kier alpha value is -2.22. The second kappa shape index (κ2) is 7.90. The van der Waals surface area contributed by atoms with Crippen LogP contribution in [0.1, 0.15) is 73.1 Å². The maximum Gasteiger partial charge on any atom is 0.410 e. The van der Waals surface area contributed by atoms with Crippen LogP contribution in [0.25, 0.3) is 0 Å². The van der Waals surface area contributed by atoms with Gasteiger partial charge in [0.2, 0.25) is 0 Å². The highest BCUT2D eigenvalue weighted by Gasteiger charge is 2.51. The van der Waals surface area contributed by atoms with Crippen molar-refractivity contribution in [2.24, 2.45) is 23.2 Å². The van der Waals surface area contributed by atoms with Crippen LogP contribution in [-0.4, -0.2) is 28.4 Å². The zero-order valence-electron chi connectivity index (χ0n) is 18.7. The largest absolute Gasteiger partial charge is 0.410 e. The maximum absolute atomic E-state index is 13.9. The molecule has 1 amide bonds. The molecule has 0 spiro atoms. The van der Waals surface area contributed by atoms with Crippen LogP contribution in [0.4, 0.5) is 19.0 Å². The van der Waals surface area contributed by atoms with Gasteiger partial charge < -0.3 is 10.6 Å². The summed E-state index contributed by atoms with van der Waals surface area (Å²) in [5.74, 6) is 2.11.